The van der Waals surface area contributed by atoms with E-state index in [9.17, 15) is 9.59 Å². The zero-order chi connectivity index (χ0) is 18.0. The van der Waals surface area contributed by atoms with Crippen LogP contribution in [0.2, 0.25) is 0 Å². The maximum Gasteiger partial charge on any atom is 0.356 e. The molecule has 0 aliphatic heterocycles. The van der Waals surface area contributed by atoms with Crippen molar-refractivity contribution in [2.75, 3.05) is 5.32 Å². The van der Waals surface area contributed by atoms with Crippen LogP contribution in [-0.4, -0.2) is 36.7 Å². The molecule has 0 radical (unpaired) electrons. The van der Waals surface area contributed by atoms with Crippen molar-refractivity contribution < 1.29 is 14.7 Å². The molecule has 0 spiro atoms. The molecule has 8 nitrogen and oxygen atoms in total. The van der Waals surface area contributed by atoms with Crippen molar-refractivity contribution in [2.24, 2.45) is 7.05 Å². The van der Waals surface area contributed by atoms with E-state index in [1.807, 2.05) is 12.3 Å². The van der Waals surface area contributed by atoms with Gasteiger partial charge in [-0.1, -0.05) is 12.1 Å². The van der Waals surface area contributed by atoms with Crippen molar-refractivity contribution in [1.82, 2.24) is 19.7 Å². The summed E-state index contributed by atoms with van der Waals surface area (Å²) < 4.78 is 2.49. The molecule has 0 saturated carbocycles. The number of aromatic nitrogens is 4. The number of hydrogen-bond acceptors (Lipinski definition) is 5. The van der Waals surface area contributed by atoms with E-state index in [2.05, 4.69) is 36.3 Å². The van der Waals surface area contributed by atoms with Crippen LogP contribution in [0.5, 0.6) is 0 Å². The minimum Gasteiger partial charge on any atom is -0.476 e. The number of amides is 1. The van der Waals surface area contributed by atoms with Gasteiger partial charge >= 0.3 is 5.97 Å². The van der Waals surface area contributed by atoms with Crippen LogP contribution in [0.1, 0.15) is 21.0 Å². The molecule has 0 saturated heterocycles. The van der Waals surface area contributed by atoms with Crippen molar-refractivity contribution in [3.05, 3.63) is 58.7 Å². The van der Waals surface area contributed by atoms with Crippen LogP contribution in [-0.2, 0) is 7.05 Å². The third-order valence-corrected chi connectivity index (χ3v) is 3.87. The molecule has 2 aromatic heterocycles. The molecule has 126 valence electrons. The van der Waals surface area contributed by atoms with Crippen LogP contribution in [0.15, 0.2) is 47.3 Å². The highest BCUT2D eigenvalue weighted by Gasteiger charge is 2.19. The number of carbonyl (C=O) groups excluding carboxylic acids is 1. The summed E-state index contributed by atoms with van der Waals surface area (Å²) in [4.78, 5) is 31.0. The molecule has 25 heavy (non-hydrogen) atoms. The molecule has 3 aromatic rings. The largest absolute Gasteiger partial charge is 0.476 e. The van der Waals surface area contributed by atoms with Gasteiger partial charge in [0.2, 0.25) is 0 Å². The summed E-state index contributed by atoms with van der Waals surface area (Å²) in [5, 5.41) is 16.1. The SMILES string of the molecule is Cn1cc(Br)c(-c2cccc(NC(=O)c3nccnc3C(=O)O)c2)n1. The van der Waals surface area contributed by atoms with Crippen LogP contribution in [0.3, 0.4) is 0 Å². The Balaban J connectivity index is 1.89. The van der Waals surface area contributed by atoms with Gasteiger partial charge in [-0.15, -0.1) is 0 Å². The van der Waals surface area contributed by atoms with Crippen molar-refractivity contribution in [3.63, 3.8) is 0 Å². The van der Waals surface area contributed by atoms with Crippen molar-refractivity contribution in [3.8, 4) is 11.3 Å². The lowest BCUT2D eigenvalue weighted by molar-refractivity contribution is 0.0685. The second-order valence-electron chi connectivity index (χ2n) is 5.09. The normalized spacial score (nSPS) is 10.5. The summed E-state index contributed by atoms with van der Waals surface area (Å²) >= 11 is 3.44. The van der Waals surface area contributed by atoms with Gasteiger partial charge in [0.15, 0.2) is 11.4 Å². The Morgan fingerprint density at radius 3 is 2.56 bits per heavy atom. The minimum absolute atomic E-state index is 0.251. The van der Waals surface area contributed by atoms with E-state index in [4.69, 9.17) is 5.11 Å². The molecular formula is C16H12BrN5O3. The molecule has 0 aliphatic rings. The summed E-state index contributed by atoms with van der Waals surface area (Å²) in [6.07, 6.45) is 4.31. The minimum atomic E-state index is -1.32. The van der Waals surface area contributed by atoms with Crippen molar-refractivity contribution in [2.45, 2.75) is 0 Å². The molecule has 0 aliphatic carbocycles. The topological polar surface area (TPSA) is 110 Å². The molecule has 3 rings (SSSR count). The van der Waals surface area contributed by atoms with E-state index in [0.29, 0.717) is 5.69 Å². The first-order valence-corrected chi connectivity index (χ1v) is 7.90. The van der Waals surface area contributed by atoms with Gasteiger partial charge in [-0.3, -0.25) is 9.48 Å². The lowest BCUT2D eigenvalue weighted by Crippen LogP contribution is -2.19. The van der Waals surface area contributed by atoms with Crippen LogP contribution in [0.4, 0.5) is 5.69 Å². The van der Waals surface area contributed by atoms with Crippen LogP contribution in [0, 0.1) is 0 Å². The zero-order valence-corrected chi connectivity index (χ0v) is 14.6. The van der Waals surface area contributed by atoms with E-state index in [0.717, 1.165) is 15.7 Å². The van der Waals surface area contributed by atoms with E-state index >= 15 is 0 Å². The summed E-state index contributed by atoms with van der Waals surface area (Å²) in [7, 11) is 1.81. The summed E-state index contributed by atoms with van der Waals surface area (Å²) in [6, 6.07) is 7.05. The number of carboxylic acid groups (broad SMARTS) is 1. The number of carbonyl (C=O) groups is 2. The standard InChI is InChI=1S/C16H12BrN5O3/c1-22-8-11(17)12(21-22)9-3-2-4-10(7-9)20-15(23)13-14(16(24)25)19-6-5-18-13/h2-8H,1H3,(H,20,23)(H,24,25). The third-order valence-electron chi connectivity index (χ3n) is 3.29. The van der Waals surface area contributed by atoms with Gasteiger partial charge in [-0.05, 0) is 28.1 Å². The van der Waals surface area contributed by atoms with E-state index in [1.54, 1.807) is 29.9 Å². The fourth-order valence-electron chi connectivity index (χ4n) is 2.25. The first-order valence-electron chi connectivity index (χ1n) is 7.11. The summed E-state index contributed by atoms with van der Waals surface area (Å²) in [5.41, 5.74) is 1.36. The zero-order valence-electron chi connectivity index (χ0n) is 13.0. The lowest BCUT2D eigenvalue weighted by Gasteiger charge is -2.07. The van der Waals surface area contributed by atoms with Gasteiger partial charge in [0.25, 0.3) is 5.91 Å². The Bertz CT molecular complexity index is 970. The molecule has 1 amide bonds. The van der Waals surface area contributed by atoms with Gasteiger partial charge in [0, 0.05) is 36.9 Å². The van der Waals surface area contributed by atoms with E-state index < -0.39 is 17.6 Å². The van der Waals surface area contributed by atoms with Crippen LogP contribution >= 0.6 is 15.9 Å². The van der Waals surface area contributed by atoms with Gasteiger partial charge in [-0.25, -0.2) is 14.8 Å². The van der Waals surface area contributed by atoms with E-state index in [-0.39, 0.29) is 5.69 Å². The summed E-state index contributed by atoms with van der Waals surface area (Å²) in [5.74, 6) is -1.97. The number of benzene rings is 1. The molecule has 0 atom stereocenters. The number of carboxylic acids is 1. The Labute approximate surface area is 150 Å². The first-order chi connectivity index (χ1) is 12.0. The number of nitrogens with zero attached hydrogens (tertiary/aromatic N) is 4. The average molecular weight is 402 g/mol. The van der Waals surface area contributed by atoms with Crippen LogP contribution < -0.4 is 5.32 Å². The maximum absolute atomic E-state index is 12.4. The second kappa shape index (κ2) is 6.81. The Kier molecular flexibility index (Phi) is 4.57. The maximum atomic E-state index is 12.4. The molecular weight excluding hydrogens is 390 g/mol. The monoisotopic (exact) mass is 401 g/mol. The number of rotatable bonds is 4. The smallest absolute Gasteiger partial charge is 0.356 e. The number of aromatic carboxylic acids is 1. The highest BCUT2D eigenvalue weighted by Crippen LogP contribution is 2.28. The molecule has 2 N–H and O–H groups in total. The molecule has 9 heteroatoms. The average Bonchev–Trinajstić information content (AvgIpc) is 2.93. The van der Waals surface area contributed by atoms with Gasteiger partial charge in [-0.2, -0.15) is 5.10 Å². The second-order valence-corrected chi connectivity index (χ2v) is 5.95. The molecule has 1 aromatic carbocycles. The first kappa shape index (κ1) is 16.8. The Morgan fingerprint density at radius 2 is 1.92 bits per heavy atom. The van der Waals surface area contributed by atoms with Gasteiger partial charge in [0.05, 0.1) is 4.47 Å². The lowest BCUT2D eigenvalue weighted by atomic mass is 10.1. The summed E-state index contributed by atoms with van der Waals surface area (Å²) in [6.45, 7) is 0. The number of nitrogens with one attached hydrogen (secondary N) is 1. The Morgan fingerprint density at radius 1 is 1.20 bits per heavy atom. The van der Waals surface area contributed by atoms with Crippen molar-refractivity contribution >= 4 is 33.5 Å². The quantitative estimate of drug-likeness (QED) is 0.694. The predicted octanol–water partition coefficient (Wildman–Crippen LogP) is 2.59. The van der Waals surface area contributed by atoms with E-state index in [1.165, 1.54) is 12.4 Å². The fourth-order valence-corrected chi connectivity index (χ4v) is 2.85. The Hall–Kier alpha value is -3.07. The van der Waals surface area contributed by atoms with Crippen LogP contribution in [0.25, 0.3) is 11.3 Å². The third kappa shape index (κ3) is 3.56. The molecule has 2 heterocycles. The predicted molar refractivity (Wildman–Crippen MR) is 93.3 cm³/mol. The highest BCUT2D eigenvalue weighted by atomic mass is 79.9. The number of halogens is 1. The fraction of sp³-hybridized carbons (Fsp3) is 0.0625. The number of hydrogen-bond donors (Lipinski definition) is 2. The number of aryl methyl sites for hydroxylation is 1. The van der Waals surface area contributed by atoms with Crippen molar-refractivity contribution in [1.29, 1.82) is 0 Å². The number of anilines is 1. The van der Waals surface area contributed by atoms with Gasteiger partial charge in [0.1, 0.15) is 5.69 Å². The highest BCUT2D eigenvalue weighted by molar-refractivity contribution is 9.10. The molecule has 0 bridgehead atoms. The molecule has 0 unspecified atom stereocenters. The molecule has 0 fully saturated rings. The van der Waals surface area contributed by atoms with Gasteiger partial charge < -0.3 is 10.4 Å².